The number of allylic oxidation sites excluding steroid dienone is 1. The van der Waals surface area contributed by atoms with Gasteiger partial charge in [0.05, 0.1) is 6.61 Å². The van der Waals surface area contributed by atoms with E-state index in [1.807, 2.05) is 0 Å². The molecule has 5 heteroatoms. The predicted octanol–water partition coefficient (Wildman–Crippen LogP) is 3.48. The zero-order valence-corrected chi connectivity index (χ0v) is 17.7. The number of hydrogen-bond donors (Lipinski definition) is 0. The number of ether oxygens (including phenoxy) is 3. The summed E-state index contributed by atoms with van der Waals surface area (Å²) in [6.45, 7) is 10.2. The standard InChI is InChI=1S/C24H33NO4/c1-13-12-23-8-5-15(13)11-16(23)24-7-4-6-22(3)18(24)17(28-14(2)26)19(23)29-21(24)25-9-10-27-20(22)25/h15-21H,1,4-12H2,2-3H3/t15-,16+,17-,18+,19+,20?,21+,22+,23+,24+/m0/s1. The molecule has 5 saturated carbocycles. The van der Waals surface area contributed by atoms with E-state index >= 15 is 0 Å². The number of carbonyl (C=O) groups excluding carboxylic acids is 1. The van der Waals surface area contributed by atoms with E-state index in [1.54, 1.807) is 6.92 Å². The number of piperidine rings is 1. The lowest BCUT2D eigenvalue weighted by atomic mass is 9.32. The molecule has 0 aromatic carbocycles. The SMILES string of the molecule is C=C1C[C@]23CC[C@H]1C[C@H]2[C@@]12CCC[C@@]4(C)C5OCCN5[C@@H]1O[C@@H]3[C@@H](OC(C)=O)[C@@H]24. The Morgan fingerprint density at radius 3 is 2.93 bits per heavy atom. The minimum atomic E-state index is -0.160. The van der Waals surface area contributed by atoms with Crippen LogP contribution in [0.4, 0.5) is 0 Å². The van der Waals surface area contributed by atoms with E-state index in [4.69, 9.17) is 14.2 Å². The summed E-state index contributed by atoms with van der Waals surface area (Å²) in [7, 11) is 0. The van der Waals surface area contributed by atoms with Crippen LogP contribution < -0.4 is 0 Å². The van der Waals surface area contributed by atoms with Crippen molar-refractivity contribution in [3.05, 3.63) is 12.2 Å². The molecule has 9 aliphatic rings. The first kappa shape index (κ1) is 17.7. The van der Waals surface area contributed by atoms with Crippen molar-refractivity contribution in [1.29, 1.82) is 0 Å². The molecule has 10 atom stereocenters. The largest absolute Gasteiger partial charge is 0.459 e. The molecule has 0 radical (unpaired) electrons. The molecule has 4 aliphatic heterocycles. The summed E-state index contributed by atoms with van der Waals surface area (Å²) in [5.41, 5.74) is 1.66. The third kappa shape index (κ3) is 1.77. The van der Waals surface area contributed by atoms with E-state index in [0.717, 1.165) is 26.0 Å². The van der Waals surface area contributed by atoms with E-state index in [2.05, 4.69) is 18.4 Å². The van der Waals surface area contributed by atoms with E-state index in [0.29, 0.717) is 17.8 Å². The molecular weight excluding hydrogens is 366 g/mol. The van der Waals surface area contributed by atoms with Crippen molar-refractivity contribution in [3.8, 4) is 0 Å². The Hall–Kier alpha value is -0.910. The van der Waals surface area contributed by atoms with Crippen molar-refractivity contribution >= 4 is 5.97 Å². The molecule has 0 N–H and O–H groups in total. The van der Waals surface area contributed by atoms with Crippen molar-refractivity contribution in [1.82, 2.24) is 4.90 Å². The number of fused-ring (bicyclic) bond motifs is 4. The summed E-state index contributed by atoms with van der Waals surface area (Å²) in [4.78, 5) is 14.9. The van der Waals surface area contributed by atoms with E-state index in [-0.39, 0.29) is 46.9 Å². The number of esters is 1. The van der Waals surface area contributed by atoms with E-state index < -0.39 is 0 Å². The zero-order valence-electron chi connectivity index (χ0n) is 17.7. The lowest BCUT2D eigenvalue weighted by Gasteiger charge is -2.80. The molecule has 0 amide bonds. The first-order chi connectivity index (χ1) is 13.9. The molecule has 5 nitrogen and oxygen atoms in total. The highest BCUT2D eigenvalue weighted by Gasteiger charge is 2.82. The van der Waals surface area contributed by atoms with Crippen LogP contribution in [0.2, 0.25) is 0 Å². The highest BCUT2D eigenvalue weighted by atomic mass is 16.6. The topological polar surface area (TPSA) is 48.0 Å². The van der Waals surface area contributed by atoms with Crippen LogP contribution in [0.3, 0.4) is 0 Å². The van der Waals surface area contributed by atoms with Crippen LogP contribution in [0.15, 0.2) is 12.2 Å². The molecule has 29 heavy (non-hydrogen) atoms. The Kier molecular flexibility index (Phi) is 3.23. The molecule has 4 saturated heterocycles. The van der Waals surface area contributed by atoms with Crippen LogP contribution in [0.5, 0.6) is 0 Å². The van der Waals surface area contributed by atoms with Gasteiger partial charge in [-0.1, -0.05) is 25.5 Å². The quantitative estimate of drug-likeness (QED) is 0.499. The number of hydrogen-bond acceptors (Lipinski definition) is 5. The Morgan fingerprint density at radius 2 is 2.14 bits per heavy atom. The third-order valence-electron chi connectivity index (χ3n) is 10.6. The fourth-order valence-electron chi connectivity index (χ4n) is 10.1. The summed E-state index contributed by atoms with van der Waals surface area (Å²) in [6.07, 6.45) is 8.49. The second-order valence-electron chi connectivity index (χ2n) is 11.5. The fourth-order valence-corrected chi connectivity index (χ4v) is 10.1. The van der Waals surface area contributed by atoms with Gasteiger partial charge in [-0.25, -0.2) is 4.90 Å². The van der Waals surface area contributed by atoms with Gasteiger partial charge < -0.3 is 14.2 Å². The van der Waals surface area contributed by atoms with Crippen molar-refractivity contribution in [2.45, 2.75) is 83.5 Å². The van der Waals surface area contributed by atoms with Gasteiger partial charge in [0.25, 0.3) is 0 Å². The summed E-state index contributed by atoms with van der Waals surface area (Å²) in [5, 5.41) is 0. The fraction of sp³-hybridized carbons (Fsp3) is 0.875. The van der Waals surface area contributed by atoms with Crippen LogP contribution in [0.25, 0.3) is 0 Å². The Balaban J connectivity index is 1.47. The van der Waals surface area contributed by atoms with Gasteiger partial charge in [0.15, 0.2) is 0 Å². The average molecular weight is 400 g/mol. The Labute approximate surface area is 173 Å². The average Bonchev–Trinajstić information content (AvgIpc) is 3.17. The van der Waals surface area contributed by atoms with Crippen LogP contribution in [-0.4, -0.2) is 48.7 Å². The van der Waals surface area contributed by atoms with Gasteiger partial charge in [0, 0.05) is 35.6 Å². The molecule has 9 rings (SSSR count). The molecule has 7 bridgehead atoms. The highest BCUT2D eigenvalue weighted by Crippen LogP contribution is 2.79. The molecule has 2 spiro atoms. The maximum absolute atomic E-state index is 12.3. The van der Waals surface area contributed by atoms with E-state index in [9.17, 15) is 4.79 Å². The molecular formula is C24H33NO4. The molecule has 9 fully saturated rings. The lowest BCUT2D eigenvalue weighted by Crippen LogP contribution is -2.85. The summed E-state index contributed by atoms with van der Waals surface area (Å²) < 4.78 is 19.6. The minimum Gasteiger partial charge on any atom is -0.459 e. The van der Waals surface area contributed by atoms with Gasteiger partial charge in [-0.15, -0.1) is 0 Å². The zero-order chi connectivity index (χ0) is 19.8. The second kappa shape index (κ2) is 5.28. The number of carbonyl (C=O) groups is 1. The summed E-state index contributed by atoms with van der Waals surface area (Å²) in [5.74, 6) is 1.54. The van der Waals surface area contributed by atoms with Gasteiger partial charge in [0.1, 0.15) is 24.7 Å². The van der Waals surface area contributed by atoms with Gasteiger partial charge in [-0.05, 0) is 50.4 Å². The van der Waals surface area contributed by atoms with Gasteiger partial charge in [-0.2, -0.15) is 0 Å². The molecule has 158 valence electrons. The normalized spacial score (nSPS) is 59.4. The molecule has 0 aromatic heterocycles. The highest BCUT2D eigenvalue weighted by molar-refractivity contribution is 5.66. The van der Waals surface area contributed by atoms with Gasteiger partial charge in [0.2, 0.25) is 0 Å². The maximum Gasteiger partial charge on any atom is 0.303 e. The molecule has 0 aromatic rings. The third-order valence-corrected chi connectivity index (χ3v) is 10.6. The summed E-state index contributed by atoms with van der Waals surface area (Å²) >= 11 is 0. The molecule has 5 aliphatic carbocycles. The smallest absolute Gasteiger partial charge is 0.303 e. The van der Waals surface area contributed by atoms with Crippen LogP contribution in [-0.2, 0) is 19.0 Å². The van der Waals surface area contributed by atoms with Crippen molar-refractivity contribution in [2.24, 2.45) is 34.0 Å². The first-order valence-electron chi connectivity index (χ1n) is 11.8. The van der Waals surface area contributed by atoms with Crippen molar-refractivity contribution in [3.63, 3.8) is 0 Å². The second-order valence-corrected chi connectivity index (χ2v) is 11.5. The first-order valence-corrected chi connectivity index (χ1v) is 11.8. The Morgan fingerprint density at radius 1 is 1.28 bits per heavy atom. The molecule has 1 unspecified atom stereocenters. The van der Waals surface area contributed by atoms with Crippen molar-refractivity contribution < 1.29 is 19.0 Å². The van der Waals surface area contributed by atoms with Gasteiger partial charge >= 0.3 is 5.97 Å². The van der Waals surface area contributed by atoms with E-state index in [1.165, 1.54) is 37.7 Å². The van der Waals surface area contributed by atoms with Crippen LogP contribution in [0, 0.1) is 34.0 Å². The lowest BCUT2D eigenvalue weighted by molar-refractivity contribution is -0.438. The monoisotopic (exact) mass is 399 g/mol. The van der Waals surface area contributed by atoms with Gasteiger partial charge in [-0.3, -0.25) is 4.79 Å². The van der Waals surface area contributed by atoms with Crippen LogP contribution >= 0.6 is 0 Å². The molecule has 4 heterocycles. The summed E-state index contributed by atoms with van der Waals surface area (Å²) in [6, 6.07) is 0. The minimum absolute atomic E-state index is 0.00486. The maximum atomic E-state index is 12.3. The van der Waals surface area contributed by atoms with Crippen molar-refractivity contribution in [2.75, 3.05) is 13.2 Å². The number of rotatable bonds is 1. The Bertz CT molecular complexity index is 813. The predicted molar refractivity (Wildman–Crippen MR) is 106 cm³/mol. The van der Waals surface area contributed by atoms with Crippen LogP contribution in [0.1, 0.15) is 58.8 Å². The number of nitrogens with zero attached hydrogens (tertiary/aromatic N) is 1.